The lowest BCUT2D eigenvalue weighted by Crippen LogP contribution is -2.16. The average molecular weight is 271 g/mol. The lowest BCUT2D eigenvalue weighted by atomic mass is 10.1. The van der Waals surface area contributed by atoms with Crippen LogP contribution in [0.5, 0.6) is 5.75 Å². The van der Waals surface area contributed by atoms with Crippen LogP contribution in [0.25, 0.3) is 0 Å². The van der Waals surface area contributed by atoms with Gasteiger partial charge in [-0.3, -0.25) is 5.32 Å². The highest BCUT2D eigenvalue weighted by atomic mass is 19.1. The van der Waals surface area contributed by atoms with Crippen LogP contribution in [0, 0.1) is 5.82 Å². The Balaban J connectivity index is 1.68. The molecule has 0 atom stereocenters. The van der Waals surface area contributed by atoms with E-state index < -0.39 is 6.09 Å². The molecule has 1 aliphatic carbocycles. The highest BCUT2D eigenvalue weighted by Gasteiger charge is 2.27. The van der Waals surface area contributed by atoms with Gasteiger partial charge in [0, 0.05) is 5.69 Å². The van der Waals surface area contributed by atoms with E-state index in [0.717, 1.165) is 12.8 Å². The number of carbonyl (C=O) groups excluding carboxylic acids is 1. The zero-order valence-corrected chi connectivity index (χ0v) is 10.8. The number of para-hydroxylation sites is 1. The van der Waals surface area contributed by atoms with Crippen LogP contribution >= 0.6 is 0 Å². The average Bonchev–Trinajstić information content (AvgIpc) is 3.26. The zero-order valence-electron chi connectivity index (χ0n) is 10.8. The Morgan fingerprint density at radius 3 is 2.60 bits per heavy atom. The third-order valence-corrected chi connectivity index (χ3v) is 3.22. The van der Waals surface area contributed by atoms with Gasteiger partial charge in [0.2, 0.25) is 0 Å². The van der Waals surface area contributed by atoms with E-state index in [0.29, 0.717) is 17.0 Å². The van der Waals surface area contributed by atoms with Crippen molar-refractivity contribution in [2.45, 2.75) is 18.8 Å². The van der Waals surface area contributed by atoms with Crippen molar-refractivity contribution in [3.8, 4) is 5.75 Å². The number of ether oxygens (including phenoxy) is 1. The van der Waals surface area contributed by atoms with Crippen molar-refractivity contribution in [3.63, 3.8) is 0 Å². The Hall–Kier alpha value is -2.36. The Labute approximate surface area is 116 Å². The number of hydrogen-bond donors (Lipinski definition) is 1. The first-order valence-electron chi connectivity index (χ1n) is 6.56. The second kappa shape index (κ2) is 5.33. The van der Waals surface area contributed by atoms with Gasteiger partial charge in [-0.15, -0.1) is 0 Å². The van der Waals surface area contributed by atoms with Crippen LogP contribution in [0.3, 0.4) is 0 Å². The normalized spacial score (nSPS) is 13.8. The molecular weight excluding hydrogens is 257 g/mol. The predicted molar refractivity (Wildman–Crippen MR) is 74.5 cm³/mol. The van der Waals surface area contributed by atoms with Crippen LogP contribution in [0.15, 0.2) is 48.5 Å². The molecule has 20 heavy (non-hydrogen) atoms. The van der Waals surface area contributed by atoms with Crippen LogP contribution in [0.4, 0.5) is 14.9 Å². The minimum absolute atomic E-state index is 0.233. The molecule has 0 heterocycles. The number of hydrogen-bond acceptors (Lipinski definition) is 2. The minimum Gasteiger partial charge on any atom is -0.410 e. The molecule has 0 spiro atoms. The van der Waals surface area contributed by atoms with Gasteiger partial charge in [-0.2, -0.15) is 0 Å². The van der Waals surface area contributed by atoms with Crippen molar-refractivity contribution >= 4 is 11.8 Å². The monoisotopic (exact) mass is 271 g/mol. The molecule has 0 aromatic heterocycles. The molecule has 4 heteroatoms. The lowest BCUT2D eigenvalue weighted by Gasteiger charge is -2.08. The van der Waals surface area contributed by atoms with Crippen LogP contribution in [-0.2, 0) is 0 Å². The summed E-state index contributed by atoms with van der Waals surface area (Å²) in [5, 5.41) is 2.61. The Morgan fingerprint density at radius 1 is 1.15 bits per heavy atom. The van der Waals surface area contributed by atoms with Crippen molar-refractivity contribution in [1.82, 2.24) is 0 Å². The van der Waals surface area contributed by atoms with E-state index in [4.69, 9.17) is 4.74 Å². The van der Waals surface area contributed by atoms with E-state index in [2.05, 4.69) is 5.32 Å². The summed E-state index contributed by atoms with van der Waals surface area (Å²) >= 11 is 0. The molecule has 0 radical (unpaired) electrons. The fraction of sp³-hybridized carbons (Fsp3) is 0.188. The summed E-state index contributed by atoms with van der Waals surface area (Å²) < 4.78 is 18.8. The molecule has 1 N–H and O–H groups in total. The predicted octanol–water partition coefficient (Wildman–Crippen LogP) is 4.31. The number of anilines is 1. The molecule has 0 saturated heterocycles. The van der Waals surface area contributed by atoms with Gasteiger partial charge in [0.05, 0.1) is 0 Å². The molecule has 1 aliphatic rings. The maximum Gasteiger partial charge on any atom is 0.417 e. The van der Waals surface area contributed by atoms with Crippen molar-refractivity contribution < 1.29 is 13.9 Å². The summed E-state index contributed by atoms with van der Waals surface area (Å²) in [6.45, 7) is 0. The molecular formula is C16H14FNO2. The summed E-state index contributed by atoms with van der Waals surface area (Å²) in [7, 11) is 0. The van der Waals surface area contributed by atoms with Gasteiger partial charge in [0.1, 0.15) is 11.6 Å². The fourth-order valence-electron chi connectivity index (χ4n) is 2.06. The number of rotatable bonds is 3. The first-order chi connectivity index (χ1) is 9.72. The minimum atomic E-state index is -0.579. The highest BCUT2D eigenvalue weighted by Crippen LogP contribution is 2.42. The highest BCUT2D eigenvalue weighted by molar-refractivity contribution is 5.86. The largest absolute Gasteiger partial charge is 0.417 e. The van der Waals surface area contributed by atoms with Gasteiger partial charge in [0.15, 0.2) is 0 Å². The molecule has 3 rings (SSSR count). The van der Waals surface area contributed by atoms with E-state index in [1.165, 1.54) is 12.1 Å². The van der Waals surface area contributed by atoms with Gasteiger partial charge < -0.3 is 4.74 Å². The fourth-order valence-corrected chi connectivity index (χ4v) is 2.06. The van der Waals surface area contributed by atoms with Gasteiger partial charge in [-0.1, -0.05) is 18.2 Å². The molecule has 2 aromatic rings. The SMILES string of the molecule is O=C(Nc1ccccc1)Oc1ccc(F)c(C2CC2)c1. The van der Waals surface area contributed by atoms with Crippen molar-refractivity contribution in [2.75, 3.05) is 5.32 Å². The smallest absolute Gasteiger partial charge is 0.410 e. The summed E-state index contributed by atoms with van der Waals surface area (Å²) in [5.74, 6) is 0.404. The molecule has 0 unspecified atom stereocenters. The molecule has 2 aromatic carbocycles. The van der Waals surface area contributed by atoms with Crippen LogP contribution in [0.2, 0.25) is 0 Å². The summed E-state index contributed by atoms with van der Waals surface area (Å²) in [5.41, 5.74) is 1.29. The standard InChI is InChI=1S/C16H14FNO2/c17-15-9-8-13(10-14(15)11-6-7-11)20-16(19)18-12-4-2-1-3-5-12/h1-5,8-11H,6-7H2,(H,18,19). The van der Waals surface area contributed by atoms with E-state index >= 15 is 0 Å². The van der Waals surface area contributed by atoms with Gasteiger partial charge in [-0.25, -0.2) is 9.18 Å². The van der Waals surface area contributed by atoms with Crippen LogP contribution in [-0.4, -0.2) is 6.09 Å². The second-order valence-electron chi connectivity index (χ2n) is 4.84. The summed E-state index contributed by atoms with van der Waals surface area (Å²) in [4.78, 5) is 11.7. The Morgan fingerprint density at radius 2 is 1.90 bits per heavy atom. The van der Waals surface area contributed by atoms with Crippen molar-refractivity contribution in [2.24, 2.45) is 0 Å². The third kappa shape index (κ3) is 2.96. The zero-order chi connectivity index (χ0) is 13.9. The first-order valence-corrected chi connectivity index (χ1v) is 6.56. The van der Waals surface area contributed by atoms with E-state index in [1.807, 2.05) is 18.2 Å². The van der Waals surface area contributed by atoms with Gasteiger partial charge >= 0.3 is 6.09 Å². The number of benzene rings is 2. The maximum absolute atomic E-state index is 13.6. The molecule has 1 fully saturated rings. The molecule has 0 bridgehead atoms. The molecule has 3 nitrogen and oxygen atoms in total. The van der Waals surface area contributed by atoms with Crippen LogP contribution in [0.1, 0.15) is 24.3 Å². The van der Waals surface area contributed by atoms with E-state index in [9.17, 15) is 9.18 Å². The lowest BCUT2D eigenvalue weighted by molar-refractivity contribution is 0.215. The number of carbonyl (C=O) groups is 1. The Kier molecular flexibility index (Phi) is 3.37. The van der Waals surface area contributed by atoms with E-state index in [1.54, 1.807) is 18.2 Å². The number of amides is 1. The van der Waals surface area contributed by atoms with Gasteiger partial charge in [-0.05, 0) is 54.7 Å². The van der Waals surface area contributed by atoms with Crippen molar-refractivity contribution in [1.29, 1.82) is 0 Å². The topological polar surface area (TPSA) is 38.3 Å². The second-order valence-corrected chi connectivity index (χ2v) is 4.84. The van der Waals surface area contributed by atoms with Crippen LogP contribution < -0.4 is 10.1 Å². The number of nitrogens with one attached hydrogen (secondary N) is 1. The Bertz CT molecular complexity index is 624. The molecule has 102 valence electrons. The maximum atomic E-state index is 13.6. The quantitative estimate of drug-likeness (QED) is 0.903. The first kappa shape index (κ1) is 12.7. The summed E-state index contributed by atoms with van der Waals surface area (Å²) in [6.07, 6.45) is 1.41. The molecule has 1 saturated carbocycles. The van der Waals surface area contributed by atoms with Crippen molar-refractivity contribution in [3.05, 3.63) is 59.9 Å². The summed E-state index contributed by atoms with van der Waals surface area (Å²) in [6, 6.07) is 13.4. The van der Waals surface area contributed by atoms with E-state index in [-0.39, 0.29) is 11.7 Å². The number of halogens is 1. The molecule has 0 aliphatic heterocycles. The molecule has 1 amide bonds. The third-order valence-electron chi connectivity index (χ3n) is 3.22. The van der Waals surface area contributed by atoms with Gasteiger partial charge in [0.25, 0.3) is 0 Å².